The predicted molar refractivity (Wildman–Crippen MR) is 135 cm³/mol. The Morgan fingerprint density at radius 2 is 1.85 bits per heavy atom. The Morgan fingerprint density at radius 3 is 2.53 bits per heavy atom. The van der Waals surface area contributed by atoms with Crippen LogP contribution in [0, 0.1) is 0 Å². The molecule has 1 atom stereocenters. The third-order valence-electron chi connectivity index (χ3n) is 7.66. The van der Waals surface area contributed by atoms with Crippen LogP contribution in [0.3, 0.4) is 0 Å². The standard InChI is InChI=1S/C27H42N4O3/c1-4-14-29(15-5-2)16-10-17-31-25(32)23-19-24-22(13-18-34-24)30(23)20-27(31,3)26(33)28-21-11-8-6-7-9-12-21/h13,18-19,21H,4-12,14-17,20H2,1-3H3,(H,28,33)/t27-/m0/s1. The quantitative estimate of drug-likeness (QED) is 0.507. The summed E-state index contributed by atoms with van der Waals surface area (Å²) < 4.78 is 7.56. The first-order valence-corrected chi connectivity index (χ1v) is 13.4. The minimum absolute atomic E-state index is 0.0253. The molecular formula is C27H42N4O3. The van der Waals surface area contributed by atoms with Crippen LogP contribution in [0.1, 0.15) is 89.0 Å². The highest BCUT2D eigenvalue weighted by Crippen LogP contribution is 2.33. The number of hydrogen-bond acceptors (Lipinski definition) is 4. The number of rotatable bonds is 10. The summed E-state index contributed by atoms with van der Waals surface area (Å²) in [7, 11) is 0. The van der Waals surface area contributed by atoms with Gasteiger partial charge in [0.05, 0.1) is 18.3 Å². The Hall–Kier alpha value is -2.28. The molecule has 0 spiro atoms. The van der Waals surface area contributed by atoms with Crippen molar-refractivity contribution in [1.29, 1.82) is 0 Å². The van der Waals surface area contributed by atoms with Crippen LogP contribution < -0.4 is 5.32 Å². The van der Waals surface area contributed by atoms with Crippen molar-refractivity contribution in [2.75, 3.05) is 26.2 Å². The number of nitrogens with zero attached hydrogens (tertiary/aromatic N) is 3. The smallest absolute Gasteiger partial charge is 0.271 e. The number of aromatic nitrogens is 1. The van der Waals surface area contributed by atoms with Gasteiger partial charge in [-0.15, -0.1) is 0 Å². The first kappa shape index (κ1) is 24.8. The largest absolute Gasteiger partial charge is 0.463 e. The summed E-state index contributed by atoms with van der Waals surface area (Å²) in [6, 6.07) is 3.92. The van der Waals surface area contributed by atoms with Crippen LogP contribution in [0.4, 0.5) is 0 Å². The molecule has 0 aromatic carbocycles. The molecule has 1 N–H and O–H groups in total. The number of nitrogens with one attached hydrogen (secondary N) is 1. The summed E-state index contributed by atoms with van der Waals surface area (Å²) in [6.07, 6.45) is 11.6. The zero-order valence-electron chi connectivity index (χ0n) is 21.3. The van der Waals surface area contributed by atoms with Gasteiger partial charge in [-0.3, -0.25) is 9.59 Å². The second kappa shape index (κ2) is 11.0. The number of carbonyl (C=O) groups is 2. The minimum atomic E-state index is -0.931. The molecule has 7 nitrogen and oxygen atoms in total. The second-order valence-electron chi connectivity index (χ2n) is 10.4. The van der Waals surface area contributed by atoms with Crippen molar-refractivity contribution in [3.05, 3.63) is 24.1 Å². The van der Waals surface area contributed by atoms with E-state index >= 15 is 0 Å². The van der Waals surface area contributed by atoms with Crippen molar-refractivity contribution in [3.8, 4) is 0 Å². The Kier molecular flexibility index (Phi) is 8.02. The molecule has 3 heterocycles. The molecule has 1 aliphatic carbocycles. The number of furan rings is 1. The molecule has 0 radical (unpaired) electrons. The fourth-order valence-electron chi connectivity index (χ4n) is 5.81. The van der Waals surface area contributed by atoms with E-state index in [1.807, 2.05) is 28.5 Å². The van der Waals surface area contributed by atoms with Gasteiger partial charge in [0, 0.05) is 24.7 Å². The van der Waals surface area contributed by atoms with E-state index in [9.17, 15) is 9.59 Å². The van der Waals surface area contributed by atoms with Crippen LogP contribution >= 0.6 is 0 Å². The lowest BCUT2D eigenvalue weighted by atomic mass is 9.93. The molecule has 0 bridgehead atoms. The molecule has 0 saturated heterocycles. The Bertz CT molecular complexity index is 966. The van der Waals surface area contributed by atoms with Crippen molar-refractivity contribution in [2.24, 2.45) is 0 Å². The topological polar surface area (TPSA) is 70.7 Å². The van der Waals surface area contributed by atoms with Gasteiger partial charge >= 0.3 is 0 Å². The molecular weight excluding hydrogens is 428 g/mol. The van der Waals surface area contributed by atoms with Crippen molar-refractivity contribution in [1.82, 2.24) is 19.7 Å². The molecule has 7 heteroatoms. The number of carbonyl (C=O) groups excluding carboxylic acids is 2. The molecule has 2 aromatic rings. The van der Waals surface area contributed by atoms with Crippen molar-refractivity contribution in [3.63, 3.8) is 0 Å². The Morgan fingerprint density at radius 1 is 1.15 bits per heavy atom. The zero-order chi connectivity index (χ0) is 24.1. The lowest BCUT2D eigenvalue weighted by molar-refractivity contribution is -0.133. The van der Waals surface area contributed by atoms with Gasteiger partial charge < -0.3 is 24.1 Å². The average molecular weight is 471 g/mol. The molecule has 1 fully saturated rings. The van der Waals surface area contributed by atoms with Gasteiger partial charge in [-0.2, -0.15) is 0 Å². The van der Waals surface area contributed by atoms with Crippen LogP contribution in [0.15, 0.2) is 22.8 Å². The lowest BCUT2D eigenvalue weighted by Gasteiger charge is -2.44. The monoisotopic (exact) mass is 470 g/mol. The van der Waals surface area contributed by atoms with E-state index in [2.05, 4.69) is 24.1 Å². The summed E-state index contributed by atoms with van der Waals surface area (Å²) in [5, 5.41) is 3.34. The van der Waals surface area contributed by atoms with E-state index < -0.39 is 5.54 Å². The summed E-state index contributed by atoms with van der Waals surface area (Å²) in [5.41, 5.74) is 1.27. The SMILES string of the molecule is CCCN(CCC)CCCN1C(=O)c2cc3occc3n2C[C@@]1(C)C(=O)NC1CCCCCC1. The Labute approximate surface area is 203 Å². The zero-order valence-corrected chi connectivity index (χ0v) is 21.3. The summed E-state index contributed by atoms with van der Waals surface area (Å²) >= 11 is 0. The molecule has 188 valence electrons. The van der Waals surface area contributed by atoms with E-state index in [1.165, 1.54) is 12.8 Å². The molecule has 0 unspecified atom stereocenters. The van der Waals surface area contributed by atoms with Gasteiger partial charge in [-0.1, -0.05) is 39.5 Å². The fraction of sp³-hybridized carbons (Fsp3) is 0.704. The normalized spacial score (nSPS) is 21.8. The highest BCUT2D eigenvalue weighted by atomic mass is 16.3. The Balaban J connectivity index is 1.56. The van der Waals surface area contributed by atoms with Crippen LogP contribution in [0.5, 0.6) is 0 Å². The predicted octanol–water partition coefficient (Wildman–Crippen LogP) is 4.80. The highest BCUT2D eigenvalue weighted by molar-refractivity contribution is 6.02. The fourth-order valence-corrected chi connectivity index (χ4v) is 5.81. The second-order valence-corrected chi connectivity index (χ2v) is 10.4. The lowest BCUT2D eigenvalue weighted by Crippen LogP contribution is -2.65. The van der Waals surface area contributed by atoms with Gasteiger partial charge in [0.1, 0.15) is 11.2 Å². The third-order valence-corrected chi connectivity index (χ3v) is 7.66. The first-order chi connectivity index (χ1) is 16.5. The number of amides is 2. The molecule has 2 aliphatic rings. The molecule has 2 aromatic heterocycles. The summed E-state index contributed by atoms with van der Waals surface area (Å²) in [6.45, 7) is 10.5. The van der Waals surface area contributed by atoms with E-state index in [0.29, 0.717) is 24.4 Å². The number of hydrogen-bond donors (Lipinski definition) is 1. The van der Waals surface area contributed by atoms with Gasteiger partial charge in [0.2, 0.25) is 5.91 Å². The molecule has 1 aliphatic heterocycles. The maximum atomic E-state index is 13.8. The highest BCUT2D eigenvalue weighted by Gasteiger charge is 2.48. The van der Waals surface area contributed by atoms with Crippen LogP contribution in [-0.4, -0.2) is 63.9 Å². The average Bonchev–Trinajstić information content (AvgIpc) is 3.31. The molecule has 4 rings (SSSR count). The van der Waals surface area contributed by atoms with E-state index in [0.717, 1.165) is 70.1 Å². The van der Waals surface area contributed by atoms with Gasteiger partial charge in [0.25, 0.3) is 5.91 Å². The van der Waals surface area contributed by atoms with E-state index in [-0.39, 0.29) is 17.9 Å². The van der Waals surface area contributed by atoms with Crippen molar-refractivity contribution >= 4 is 22.9 Å². The maximum Gasteiger partial charge on any atom is 0.271 e. The van der Waals surface area contributed by atoms with E-state index in [1.54, 1.807) is 6.26 Å². The summed E-state index contributed by atoms with van der Waals surface area (Å²) in [4.78, 5) is 31.9. The molecule has 1 saturated carbocycles. The van der Waals surface area contributed by atoms with Crippen molar-refractivity contribution < 1.29 is 14.0 Å². The minimum Gasteiger partial charge on any atom is -0.463 e. The van der Waals surface area contributed by atoms with Gasteiger partial charge in [0.15, 0.2) is 5.58 Å². The van der Waals surface area contributed by atoms with Crippen LogP contribution in [0.2, 0.25) is 0 Å². The van der Waals surface area contributed by atoms with Crippen LogP contribution in [0.25, 0.3) is 11.1 Å². The summed E-state index contributed by atoms with van der Waals surface area (Å²) in [5.74, 6) is -0.101. The van der Waals surface area contributed by atoms with Crippen LogP contribution in [-0.2, 0) is 11.3 Å². The van der Waals surface area contributed by atoms with E-state index in [4.69, 9.17) is 4.42 Å². The van der Waals surface area contributed by atoms with Gasteiger partial charge in [-0.05, 0) is 58.7 Å². The molecule has 34 heavy (non-hydrogen) atoms. The number of fused-ring (bicyclic) bond motifs is 3. The van der Waals surface area contributed by atoms with Crippen molar-refractivity contribution in [2.45, 2.75) is 96.7 Å². The third kappa shape index (κ3) is 5.04. The van der Waals surface area contributed by atoms with Gasteiger partial charge in [-0.25, -0.2) is 0 Å². The molecule has 2 amide bonds. The first-order valence-electron chi connectivity index (χ1n) is 13.4. The maximum absolute atomic E-state index is 13.8.